The van der Waals surface area contributed by atoms with Gasteiger partial charge in [-0.05, 0) is 29.8 Å². The first kappa shape index (κ1) is 12.6. The summed E-state index contributed by atoms with van der Waals surface area (Å²) in [5, 5.41) is -0.937. The van der Waals surface area contributed by atoms with Crippen molar-refractivity contribution in [1.29, 1.82) is 0 Å². The number of rotatable bonds is 2. The summed E-state index contributed by atoms with van der Waals surface area (Å²) in [6, 6.07) is 6.87. The van der Waals surface area contributed by atoms with Gasteiger partial charge in [-0.25, -0.2) is 13.2 Å². The average Bonchev–Trinajstić information content (AvgIpc) is 2.33. The molecule has 2 rings (SSSR count). The molecule has 92 valence electrons. The molecule has 0 fully saturated rings. The van der Waals surface area contributed by atoms with Gasteiger partial charge in [0, 0.05) is 16.7 Å². The molecule has 0 heterocycles. The minimum Gasteiger partial charge on any atom is -0.276 e. The smallest absolute Gasteiger partial charge is 0.253 e. The van der Waals surface area contributed by atoms with Crippen LogP contribution in [0, 0.1) is 17.5 Å². The highest BCUT2D eigenvalue weighted by Gasteiger charge is 2.19. The van der Waals surface area contributed by atoms with Crippen LogP contribution in [0.5, 0.6) is 0 Å². The number of hydrogen-bond donors (Lipinski definition) is 0. The first-order chi connectivity index (χ1) is 8.52. The van der Waals surface area contributed by atoms with Crippen LogP contribution >= 0.6 is 11.6 Å². The average molecular weight is 271 g/mol. The van der Waals surface area contributed by atoms with Gasteiger partial charge in [-0.15, -0.1) is 0 Å². The van der Waals surface area contributed by atoms with Crippen LogP contribution in [0.3, 0.4) is 0 Å². The van der Waals surface area contributed by atoms with Crippen molar-refractivity contribution in [3.05, 3.63) is 59.4 Å². The molecule has 0 N–H and O–H groups in total. The fourth-order valence-electron chi connectivity index (χ4n) is 1.66. The van der Waals surface area contributed by atoms with Crippen LogP contribution in [0.4, 0.5) is 13.2 Å². The molecule has 0 atom stereocenters. The molecule has 5 heteroatoms. The summed E-state index contributed by atoms with van der Waals surface area (Å²) in [4.78, 5) is 11.2. The maximum absolute atomic E-state index is 13.7. The van der Waals surface area contributed by atoms with E-state index in [2.05, 4.69) is 0 Å². The predicted octanol–water partition coefficient (Wildman–Crippen LogP) is 4.15. The Kier molecular flexibility index (Phi) is 3.39. The monoisotopic (exact) mass is 270 g/mol. The van der Waals surface area contributed by atoms with E-state index in [0.717, 1.165) is 12.1 Å². The highest BCUT2D eigenvalue weighted by Crippen LogP contribution is 2.31. The van der Waals surface area contributed by atoms with Gasteiger partial charge in [0.25, 0.3) is 5.24 Å². The Balaban J connectivity index is 2.78. The molecule has 0 bridgehead atoms. The molecule has 0 radical (unpaired) electrons. The Morgan fingerprint density at radius 1 is 0.944 bits per heavy atom. The molecule has 0 amide bonds. The number of carbonyl (C=O) groups is 1. The summed E-state index contributed by atoms with van der Waals surface area (Å²) in [7, 11) is 0. The second-order valence-corrected chi connectivity index (χ2v) is 3.88. The van der Waals surface area contributed by atoms with Crippen LogP contribution < -0.4 is 0 Å². The Hall–Kier alpha value is -1.81. The van der Waals surface area contributed by atoms with Crippen LogP contribution in [0.25, 0.3) is 11.1 Å². The first-order valence-electron chi connectivity index (χ1n) is 4.95. The van der Waals surface area contributed by atoms with Crippen molar-refractivity contribution in [2.24, 2.45) is 0 Å². The summed E-state index contributed by atoms with van der Waals surface area (Å²) in [5.74, 6) is -3.18. The number of hydrogen-bond acceptors (Lipinski definition) is 1. The molecule has 0 aromatic heterocycles. The lowest BCUT2D eigenvalue weighted by Gasteiger charge is -2.09. The van der Waals surface area contributed by atoms with E-state index in [1.54, 1.807) is 0 Å². The highest BCUT2D eigenvalue weighted by molar-refractivity contribution is 6.68. The number of halogens is 4. The Labute approximate surface area is 106 Å². The molecule has 0 aliphatic rings. The minimum absolute atomic E-state index is 0.207. The quantitative estimate of drug-likeness (QED) is 0.749. The highest BCUT2D eigenvalue weighted by atomic mass is 35.5. The summed E-state index contributed by atoms with van der Waals surface area (Å²) in [6.07, 6.45) is 0. The van der Waals surface area contributed by atoms with Gasteiger partial charge in [0.15, 0.2) is 11.6 Å². The summed E-state index contributed by atoms with van der Waals surface area (Å²) in [5.41, 5.74) is -0.882. The molecular formula is C13H6ClF3O. The van der Waals surface area contributed by atoms with Crippen LogP contribution in [-0.4, -0.2) is 5.24 Å². The number of carbonyl (C=O) groups excluding carboxylic acids is 1. The van der Waals surface area contributed by atoms with E-state index in [9.17, 15) is 18.0 Å². The van der Waals surface area contributed by atoms with E-state index >= 15 is 0 Å². The third-order valence-electron chi connectivity index (χ3n) is 2.45. The van der Waals surface area contributed by atoms with Crippen molar-refractivity contribution in [2.75, 3.05) is 0 Å². The van der Waals surface area contributed by atoms with Gasteiger partial charge in [-0.1, -0.05) is 18.2 Å². The van der Waals surface area contributed by atoms with Crippen LogP contribution in [0.15, 0.2) is 36.4 Å². The normalized spacial score (nSPS) is 10.4. The van der Waals surface area contributed by atoms with Gasteiger partial charge in [0.05, 0.1) is 0 Å². The largest absolute Gasteiger partial charge is 0.276 e. The zero-order chi connectivity index (χ0) is 13.3. The van der Waals surface area contributed by atoms with E-state index in [1.807, 2.05) is 0 Å². The molecular weight excluding hydrogens is 265 g/mol. The van der Waals surface area contributed by atoms with Crippen molar-refractivity contribution >= 4 is 16.8 Å². The lowest BCUT2D eigenvalue weighted by atomic mass is 9.99. The molecule has 2 aromatic rings. The van der Waals surface area contributed by atoms with Crippen LogP contribution in [0.2, 0.25) is 0 Å². The van der Waals surface area contributed by atoms with Crippen LogP contribution in [0.1, 0.15) is 10.4 Å². The van der Waals surface area contributed by atoms with Crippen LogP contribution in [-0.2, 0) is 0 Å². The zero-order valence-corrected chi connectivity index (χ0v) is 9.64. The molecule has 0 saturated heterocycles. The standard InChI is InChI=1S/C13H6ClF3O/c14-13(18)8-4-2-5-9(15)11(8)7-3-1-6-10(16)12(7)17/h1-6H. The zero-order valence-electron chi connectivity index (χ0n) is 8.88. The minimum atomic E-state index is -1.22. The lowest BCUT2D eigenvalue weighted by Crippen LogP contribution is -1.99. The van der Waals surface area contributed by atoms with Crippen molar-refractivity contribution in [1.82, 2.24) is 0 Å². The third kappa shape index (κ3) is 2.11. The fraction of sp³-hybridized carbons (Fsp3) is 0. The summed E-state index contributed by atoms with van der Waals surface area (Å²) >= 11 is 5.30. The van der Waals surface area contributed by atoms with E-state index < -0.39 is 22.7 Å². The van der Waals surface area contributed by atoms with Gasteiger partial charge in [-0.2, -0.15) is 0 Å². The van der Waals surface area contributed by atoms with Crippen molar-refractivity contribution in [2.45, 2.75) is 0 Å². The SMILES string of the molecule is O=C(Cl)c1cccc(F)c1-c1cccc(F)c1F. The van der Waals surface area contributed by atoms with Crippen molar-refractivity contribution in [3.63, 3.8) is 0 Å². The Morgan fingerprint density at radius 3 is 2.22 bits per heavy atom. The molecule has 0 aliphatic carbocycles. The Morgan fingerprint density at radius 2 is 1.56 bits per heavy atom. The second-order valence-electron chi connectivity index (χ2n) is 3.54. The molecule has 0 saturated carbocycles. The van der Waals surface area contributed by atoms with Crippen molar-refractivity contribution < 1.29 is 18.0 Å². The molecule has 0 unspecified atom stereocenters. The molecule has 1 nitrogen and oxygen atoms in total. The molecule has 0 aliphatic heterocycles. The molecule has 2 aromatic carbocycles. The Bertz CT molecular complexity index is 626. The lowest BCUT2D eigenvalue weighted by molar-refractivity contribution is 0.108. The predicted molar refractivity (Wildman–Crippen MR) is 61.9 cm³/mol. The summed E-state index contributed by atoms with van der Waals surface area (Å²) < 4.78 is 40.4. The van der Waals surface area contributed by atoms with Gasteiger partial charge in [0.1, 0.15) is 5.82 Å². The fourth-order valence-corrected chi connectivity index (χ4v) is 1.82. The van der Waals surface area contributed by atoms with Gasteiger partial charge >= 0.3 is 0 Å². The third-order valence-corrected chi connectivity index (χ3v) is 2.65. The summed E-state index contributed by atoms with van der Waals surface area (Å²) in [6.45, 7) is 0. The van der Waals surface area contributed by atoms with Crippen molar-refractivity contribution in [3.8, 4) is 11.1 Å². The van der Waals surface area contributed by atoms with E-state index in [-0.39, 0.29) is 16.7 Å². The topological polar surface area (TPSA) is 17.1 Å². The maximum atomic E-state index is 13.7. The van der Waals surface area contributed by atoms with Gasteiger partial charge < -0.3 is 0 Å². The maximum Gasteiger partial charge on any atom is 0.253 e. The van der Waals surface area contributed by atoms with Gasteiger partial charge in [-0.3, -0.25) is 4.79 Å². The number of benzene rings is 2. The van der Waals surface area contributed by atoms with E-state index in [1.165, 1.54) is 24.3 Å². The van der Waals surface area contributed by atoms with E-state index in [0.29, 0.717) is 0 Å². The van der Waals surface area contributed by atoms with E-state index in [4.69, 9.17) is 11.6 Å². The first-order valence-corrected chi connectivity index (χ1v) is 5.33. The molecule has 0 spiro atoms. The van der Waals surface area contributed by atoms with Gasteiger partial charge in [0.2, 0.25) is 0 Å². The molecule has 18 heavy (non-hydrogen) atoms. The second kappa shape index (κ2) is 4.82.